The molecule has 2 N–H and O–H groups in total. The van der Waals surface area contributed by atoms with Crippen molar-refractivity contribution in [1.29, 1.82) is 0 Å². The van der Waals surface area contributed by atoms with Gasteiger partial charge in [-0.25, -0.2) is 5.43 Å². The van der Waals surface area contributed by atoms with Crippen molar-refractivity contribution >= 4 is 22.9 Å². The van der Waals surface area contributed by atoms with Gasteiger partial charge in [0.15, 0.2) is 0 Å². The van der Waals surface area contributed by atoms with Gasteiger partial charge < -0.3 is 9.67 Å². The number of phenolic OH excluding ortho intramolecular Hbond substituents is 1. The number of hydrogen-bond acceptors (Lipinski definition) is 4. The van der Waals surface area contributed by atoms with Crippen LogP contribution in [0.1, 0.15) is 21.5 Å². The lowest BCUT2D eigenvalue weighted by atomic mass is 10.0. The topological polar surface area (TPSA) is 83.7 Å². The van der Waals surface area contributed by atoms with E-state index < -0.39 is 11.5 Å². The summed E-state index contributed by atoms with van der Waals surface area (Å²) in [6.45, 7) is 0.369. The zero-order chi connectivity index (χ0) is 20.9. The molecule has 0 unspecified atom stereocenters. The minimum Gasteiger partial charge on any atom is -0.507 e. The summed E-state index contributed by atoms with van der Waals surface area (Å²) in [7, 11) is 0. The predicted octanol–water partition coefficient (Wildman–Crippen LogP) is 3.52. The molecule has 6 heteroatoms. The smallest absolute Gasteiger partial charge is 0.276 e. The van der Waals surface area contributed by atoms with Crippen LogP contribution in [0.15, 0.2) is 95.0 Å². The summed E-state index contributed by atoms with van der Waals surface area (Å²) < 4.78 is 1.48. The number of pyridine rings is 1. The monoisotopic (exact) mass is 397 g/mol. The Morgan fingerprint density at radius 2 is 1.73 bits per heavy atom. The van der Waals surface area contributed by atoms with E-state index in [0.29, 0.717) is 12.1 Å². The SMILES string of the molecule is O=C(N/N=C\c1c(O)ccc2ccccc12)c1cccn(Cc2ccccc2)c1=O. The average Bonchev–Trinajstić information content (AvgIpc) is 2.77. The Bertz CT molecular complexity index is 1290. The van der Waals surface area contributed by atoms with Gasteiger partial charge in [-0.15, -0.1) is 0 Å². The fourth-order valence-corrected chi connectivity index (χ4v) is 3.25. The highest BCUT2D eigenvalue weighted by atomic mass is 16.3. The van der Waals surface area contributed by atoms with Gasteiger partial charge in [0.05, 0.1) is 12.8 Å². The number of amides is 1. The Balaban J connectivity index is 1.55. The van der Waals surface area contributed by atoms with Crippen LogP contribution < -0.4 is 11.0 Å². The summed E-state index contributed by atoms with van der Waals surface area (Å²) in [5.41, 5.74) is 3.42. The highest BCUT2D eigenvalue weighted by Gasteiger charge is 2.12. The van der Waals surface area contributed by atoms with E-state index in [1.54, 1.807) is 24.4 Å². The molecule has 0 saturated carbocycles. The van der Waals surface area contributed by atoms with Crippen LogP contribution in [0.2, 0.25) is 0 Å². The molecule has 0 fully saturated rings. The molecule has 6 nitrogen and oxygen atoms in total. The lowest BCUT2D eigenvalue weighted by Gasteiger charge is -2.08. The van der Waals surface area contributed by atoms with Crippen molar-refractivity contribution < 1.29 is 9.90 Å². The molecule has 30 heavy (non-hydrogen) atoms. The average molecular weight is 397 g/mol. The number of carbonyl (C=O) groups is 1. The molecule has 0 aliphatic carbocycles. The molecule has 0 aliphatic heterocycles. The minimum atomic E-state index is -0.613. The molecule has 0 saturated heterocycles. The maximum absolute atomic E-state index is 12.7. The van der Waals surface area contributed by atoms with Crippen molar-refractivity contribution in [3.05, 3.63) is 112 Å². The maximum Gasteiger partial charge on any atom is 0.276 e. The molecule has 4 aromatic rings. The van der Waals surface area contributed by atoms with E-state index in [4.69, 9.17) is 0 Å². The summed E-state index contributed by atoms with van der Waals surface area (Å²) in [5.74, 6) is -0.560. The van der Waals surface area contributed by atoms with E-state index >= 15 is 0 Å². The van der Waals surface area contributed by atoms with Crippen LogP contribution in [0.25, 0.3) is 10.8 Å². The van der Waals surface area contributed by atoms with Crippen molar-refractivity contribution in [2.24, 2.45) is 5.10 Å². The first kappa shape index (κ1) is 19.1. The zero-order valence-corrected chi connectivity index (χ0v) is 16.0. The second-order valence-corrected chi connectivity index (χ2v) is 6.76. The van der Waals surface area contributed by atoms with Gasteiger partial charge in [0.1, 0.15) is 11.3 Å². The second kappa shape index (κ2) is 8.45. The maximum atomic E-state index is 12.7. The van der Waals surface area contributed by atoms with Gasteiger partial charge in [0.2, 0.25) is 0 Å². The summed E-state index contributed by atoms with van der Waals surface area (Å²) >= 11 is 0. The molecule has 148 valence electrons. The van der Waals surface area contributed by atoms with Crippen LogP contribution in [0.4, 0.5) is 0 Å². The molecule has 4 rings (SSSR count). The summed E-state index contributed by atoms with van der Waals surface area (Å²) in [4.78, 5) is 25.2. The molecular formula is C24H19N3O3. The van der Waals surface area contributed by atoms with Crippen LogP contribution >= 0.6 is 0 Å². The Kier molecular flexibility index (Phi) is 5.39. The molecule has 0 radical (unpaired) electrons. The fraction of sp³-hybridized carbons (Fsp3) is 0.0417. The third-order valence-corrected chi connectivity index (χ3v) is 4.77. The van der Waals surface area contributed by atoms with Gasteiger partial charge in [0, 0.05) is 11.8 Å². The Hall–Kier alpha value is -4.19. The van der Waals surface area contributed by atoms with Crippen molar-refractivity contribution in [3.8, 4) is 5.75 Å². The van der Waals surface area contributed by atoms with E-state index in [-0.39, 0.29) is 11.3 Å². The van der Waals surface area contributed by atoms with Gasteiger partial charge in [-0.1, -0.05) is 60.7 Å². The first-order chi connectivity index (χ1) is 14.6. The van der Waals surface area contributed by atoms with Crippen LogP contribution in [-0.2, 0) is 6.54 Å². The fourth-order valence-electron chi connectivity index (χ4n) is 3.25. The number of hydrazone groups is 1. The van der Waals surface area contributed by atoms with Crippen LogP contribution in [0.5, 0.6) is 5.75 Å². The van der Waals surface area contributed by atoms with Crippen LogP contribution in [0.3, 0.4) is 0 Å². The number of fused-ring (bicyclic) bond motifs is 1. The number of aromatic hydroxyl groups is 1. The molecular weight excluding hydrogens is 378 g/mol. The van der Waals surface area contributed by atoms with Crippen LogP contribution in [-0.4, -0.2) is 21.8 Å². The lowest BCUT2D eigenvalue weighted by molar-refractivity contribution is 0.0953. The highest BCUT2D eigenvalue weighted by Crippen LogP contribution is 2.25. The molecule has 0 bridgehead atoms. The normalized spacial score (nSPS) is 11.1. The van der Waals surface area contributed by atoms with E-state index in [0.717, 1.165) is 16.3 Å². The summed E-state index contributed by atoms with van der Waals surface area (Å²) in [6.07, 6.45) is 3.02. The number of nitrogens with one attached hydrogen (secondary N) is 1. The number of benzene rings is 3. The van der Waals surface area contributed by atoms with E-state index in [1.807, 2.05) is 54.6 Å². The molecule has 1 aromatic heterocycles. The number of phenols is 1. The van der Waals surface area contributed by atoms with Crippen LogP contribution in [0, 0.1) is 0 Å². The number of rotatable bonds is 5. The van der Waals surface area contributed by atoms with Crippen molar-refractivity contribution in [2.75, 3.05) is 0 Å². The lowest BCUT2D eigenvalue weighted by Crippen LogP contribution is -2.30. The molecule has 3 aromatic carbocycles. The zero-order valence-electron chi connectivity index (χ0n) is 16.0. The molecule has 0 atom stereocenters. The number of aromatic nitrogens is 1. The van der Waals surface area contributed by atoms with E-state index in [9.17, 15) is 14.7 Å². The minimum absolute atomic E-state index is 0.00674. The van der Waals surface area contributed by atoms with Gasteiger partial charge in [0.25, 0.3) is 11.5 Å². The van der Waals surface area contributed by atoms with Gasteiger partial charge in [-0.2, -0.15) is 5.10 Å². The quantitative estimate of drug-likeness (QED) is 0.399. The molecule has 0 spiro atoms. The van der Waals surface area contributed by atoms with E-state index in [2.05, 4.69) is 10.5 Å². The Morgan fingerprint density at radius 1 is 0.967 bits per heavy atom. The largest absolute Gasteiger partial charge is 0.507 e. The third kappa shape index (κ3) is 3.98. The van der Waals surface area contributed by atoms with Crippen molar-refractivity contribution in [1.82, 2.24) is 9.99 Å². The summed E-state index contributed by atoms with van der Waals surface area (Å²) in [6, 6.07) is 23.6. The number of hydrogen-bond donors (Lipinski definition) is 2. The number of carbonyl (C=O) groups excluding carboxylic acids is 1. The van der Waals surface area contributed by atoms with Gasteiger partial charge in [-0.05, 0) is 34.5 Å². The highest BCUT2D eigenvalue weighted by molar-refractivity contribution is 6.03. The van der Waals surface area contributed by atoms with Gasteiger partial charge in [-0.3, -0.25) is 9.59 Å². The van der Waals surface area contributed by atoms with E-state index in [1.165, 1.54) is 16.8 Å². The first-order valence-corrected chi connectivity index (χ1v) is 9.41. The van der Waals surface area contributed by atoms with Crippen molar-refractivity contribution in [3.63, 3.8) is 0 Å². The Morgan fingerprint density at radius 3 is 2.57 bits per heavy atom. The summed E-state index contributed by atoms with van der Waals surface area (Å²) in [5, 5.41) is 15.9. The van der Waals surface area contributed by atoms with Gasteiger partial charge >= 0.3 is 0 Å². The standard InChI is InChI=1S/C24H19N3O3/c28-22-13-12-18-9-4-5-10-19(18)21(22)15-25-26-23(29)20-11-6-14-27(24(20)30)16-17-7-2-1-3-8-17/h1-15,28H,16H2,(H,26,29)/b25-15-. The first-order valence-electron chi connectivity index (χ1n) is 9.41. The third-order valence-electron chi connectivity index (χ3n) is 4.77. The molecule has 1 heterocycles. The second-order valence-electron chi connectivity index (χ2n) is 6.76. The van der Waals surface area contributed by atoms with Crippen molar-refractivity contribution in [2.45, 2.75) is 6.54 Å². The molecule has 0 aliphatic rings. The predicted molar refractivity (Wildman–Crippen MR) is 117 cm³/mol. The Labute approximate surface area is 172 Å². The number of nitrogens with zero attached hydrogens (tertiary/aromatic N) is 2. The molecule has 1 amide bonds.